The number of rotatable bonds is 5. The molecule has 2 atom stereocenters. The number of para-hydroxylation sites is 1. The SMILES string of the molecule is C[C@H]1CCC[C@H](C)N1S(=O)(=O)c1ccc(NS(=O)(=O)c2cccc3cccnc23)cc1. The van der Waals surface area contributed by atoms with Crippen molar-refractivity contribution in [2.24, 2.45) is 0 Å². The number of fused-ring (bicyclic) bond motifs is 1. The van der Waals surface area contributed by atoms with Crippen molar-refractivity contribution in [2.45, 2.75) is 55.0 Å². The van der Waals surface area contributed by atoms with Crippen LogP contribution >= 0.6 is 0 Å². The number of hydrogen-bond acceptors (Lipinski definition) is 5. The zero-order chi connectivity index (χ0) is 22.2. The van der Waals surface area contributed by atoms with E-state index in [1.807, 2.05) is 13.8 Å². The second kappa shape index (κ2) is 8.22. The standard InChI is InChI=1S/C22H25N3O4S2/c1-16-6-3-7-17(2)25(16)31(28,29)20-13-11-19(12-14-20)24-30(26,27)21-10-4-8-18-9-5-15-23-22(18)21/h4-5,8-17,24H,3,6-7H2,1-2H3/t16-,17-/m0/s1. The summed E-state index contributed by atoms with van der Waals surface area (Å²) in [5, 5.41) is 0.719. The van der Waals surface area contributed by atoms with Gasteiger partial charge in [0, 0.05) is 29.4 Å². The van der Waals surface area contributed by atoms with Crippen LogP contribution in [0, 0.1) is 0 Å². The minimum atomic E-state index is -3.90. The summed E-state index contributed by atoms with van der Waals surface area (Å²) in [5.74, 6) is 0. The van der Waals surface area contributed by atoms with Crippen LogP contribution in [0.1, 0.15) is 33.1 Å². The summed E-state index contributed by atoms with van der Waals surface area (Å²) in [6.45, 7) is 3.85. The molecule has 31 heavy (non-hydrogen) atoms. The smallest absolute Gasteiger partial charge is 0.264 e. The van der Waals surface area contributed by atoms with Crippen molar-refractivity contribution in [2.75, 3.05) is 4.72 Å². The number of piperidine rings is 1. The first-order valence-corrected chi connectivity index (χ1v) is 13.1. The molecule has 2 aromatic carbocycles. The summed E-state index contributed by atoms with van der Waals surface area (Å²) in [6.07, 6.45) is 4.22. The van der Waals surface area contributed by atoms with Crippen molar-refractivity contribution in [3.8, 4) is 0 Å². The van der Waals surface area contributed by atoms with E-state index in [2.05, 4.69) is 9.71 Å². The third kappa shape index (κ3) is 4.17. The minimum Gasteiger partial charge on any atom is -0.280 e. The molecule has 1 aliphatic rings. The van der Waals surface area contributed by atoms with Crippen LogP contribution in [-0.4, -0.2) is 38.2 Å². The van der Waals surface area contributed by atoms with Gasteiger partial charge in [0.1, 0.15) is 4.90 Å². The molecule has 0 saturated carbocycles. The molecule has 7 nitrogen and oxygen atoms in total. The van der Waals surface area contributed by atoms with E-state index in [0.717, 1.165) is 24.6 Å². The molecule has 0 unspecified atom stereocenters. The molecule has 1 aliphatic heterocycles. The molecule has 3 aromatic rings. The first kappa shape index (κ1) is 21.7. The van der Waals surface area contributed by atoms with Gasteiger partial charge in [-0.25, -0.2) is 16.8 Å². The molecule has 2 heterocycles. The fourth-order valence-electron chi connectivity index (χ4n) is 4.19. The lowest BCUT2D eigenvalue weighted by molar-refractivity contribution is 0.204. The molecule has 0 radical (unpaired) electrons. The second-order valence-corrected chi connectivity index (χ2v) is 11.4. The Balaban J connectivity index is 1.61. The first-order valence-electron chi connectivity index (χ1n) is 10.2. The van der Waals surface area contributed by atoms with Crippen molar-refractivity contribution >= 4 is 36.6 Å². The predicted molar refractivity (Wildman–Crippen MR) is 121 cm³/mol. The van der Waals surface area contributed by atoms with Crippen LogP contribution in [0.5, 0.6) is 0 Å². The van der Waals surface area contributed by atoms with Gasteiger partial charge in [0.05, 0.1) is 10.4 Å². The molecule has 0 aliphatic carbocycles. The van der Waals surface area contributed by atoms with Gasteiger partial charge in [-0.05, 0) is 63.1 Å². The molecule has 1 fully saturated rings. The number of aromatic nitrogens is 1. The van der Waals surface area contributed by atoms with Crippen LogP contribution < -0.4 is 4.72 Å². The Kier molecular flexibility index (Phi) is 5.76. The third-order valence-electron chi connectivity index (χ3n) is 5.68. The Bertz CT molecular complexity index is 1290. The Labute approximate surface area is 183 Å². The predicted octanol–water partition coefficient (Wildman–Crippen LogP) is 3.99. The lowest BCUT2D eigenvalue weighted by atomic mass is 10.0. The average molecular weight is 460 g/mol. The van der Waals surface area contributed by atoms with Gasteiger partial charge in [0.25, 0.3) is 10.0 Å². The molecule has 164 valence electrons. The van der Waals surface area contributed by atoms with Crippen molar-refractivity contribution in [1.82, 2.24) is 9.29 Å². The number of hydrogen-bond donors (Lipinski definition) is 1. The molecular formula is C22H25N3O4S2. The van der Waals surface area contributed by atoms with Crippen LogP contribution in [0.2, 0.25) is 0 Å². The van der Waals surface area contributed by atoms with Gasteiger partial charge in [0.2, 0.25) is 10.0 Å². The van der Waals surface area contributed by atoms with E-state index in [0.29, 0.717) is 5.52 Å². The molecule has 0 bridgehead atoms. The summed E-state index contributed by atoms with van der Waals surface area (Å²) in [5.41, 5.74) is 0.663. The second-order valence-electron chi connectivity index (χ2n) is 7.93. The maximum atomic E-state index is 13.2. The van der Waals surface area contributed by atoms with Gasteiger partial charge >= 0.3 is 0 Å². The van der Waals surface area contributed by atoms with E-state index in [1.165, 1.54) is 30.3 Å². The first-order chi connectivity index (χ1) is 14.7. The number of nitrogens with zero attached hydrogens (tertiary/aromatic N) is 2. The average Bonchev–Trinajstić information content (AvgIpc) is 2.73. The fraction of sp³-hybridized carbons (Fsp3) is 0.318. The Morgan fingerprint density at radius 2 is 1.55 bits per heavy atom. The number of sulfonamides is 2. The Morgan fingerprint density at radius 1 is 0.903 bits per heavy atom. The monoisotopic (exact) mass is 459 g/mol. The minimum absolute atomic E-state index is 0.0641. The van der Waals surface area contributed by atoms with Crippen LogP contribution in [0.4, 0.5) is 5.69 Å². The molecule has 4 rings (SSSR count). The highest BCUT2D eigenvalue weighted by Crippen LogP contribution is 2.30. The number of pyridine rings is 1. The molecule has 1 N–H and O–H groups in total. The van der Waals surface area contributed by atoms with Gasteiger partial charge in [-0.2, -0.15) is 4.31 Å². The van der Waals surface area contributed by atoms with Crippen molar-refractivity contribution in [1.29, 1.82) is 0 Å². The van der Waals surface area contributed by atoms with Gasteiger partial charge in [0.15, 0.2) is 0 Å². The maximum absolute atomic E-state index is 13.2. The Hall–Kier alpha value is -2.49. The molecule has 0 amide bonds. The zero-order valence-corrected chi connectivity index (χ0v) is 19.0. The number of nitrogens with one attached hydrogen (secondary N) is 1. The highest BCUT2D eigenvalue weighted by atomic mass is 32.2. The topological polar surface area (TPSA) is 96.4 Å². The quantitative estimate of drug-likeness (QED) is 0.622. The molecular weight excluding hydrogens is 434 g/mol. The molecule has 9 heteroatoms. The largest absolute Gasteiger partial charge is 0.280 e. The summed E-state index contributed by atoms with van der Waals surface area (Å²) < 4.78 is 56.3. The molecule has 1 saturated heterocycles. The molecule has 0 spiro atoms. The van der Waals surface area contributed by atoms with Crippen LogP contribution in [0.25, 0.3) is 10.9 Å². The normalized spacial score (nSPS) is 20.6. The fourth-order valence-corrected chi connectivity index (χ4v) is 7.31. The number of benzene rings is 2. The van der Waals surface area contributed by atoms with E-state index in [9.17, 15) is 16.8 Å². The van der Waals surface area contributed by atoms with E-state index in [1.54, 1.807) is 34.8 Å². The summed E-state index contributed by atoms with van der Waals surface area (Å²) in [7, 11) is -7.55. The van der Waals surface area contributed by atoms with Crippen molar-refractivity contribution in [3.05, 3.63) is 60.8 Å². The highest BCUT2D eigenvalue weighted by Gasteiger charge is 2.35. The summed E-state index contributed by atoms with van der Waals surface area (Å²) in [6, 6.07) is 14.2. The third-order valence-corrected chi connectivity index (χ3v) is 9.24. The number of anilines is 1. The van der Waals surface area contributed by atoms with Crippen molar-refractivity contribution < 1.29 is 16.8 Å². The molecule has 1 aromatic heterocycles. The zero-order valence-electron chi connectivity index (χ0n) is 17.4. The summed E-state index contributed by atoms with van der Waals surface area (Å²) in [4.78, 5) is 4.42. The van der Waals surface area contributed by atoms with Gasteiger partial charge in [-0.3, -0.25) is 9.71 Å². The van der Waals surface area contributed by atoms with E-state index >= 15 is 0 Å². The van der Waals surface area contributed by atoms with E-state index < -0.39 is 20.0 Å². The Morgan fingerprint density at radius 3 is 2.23 bits per heavy atom. The van der Waals surface area contributed by atoms with Crippen LogP contribution in [-0.2, 0) is 20.0 Å². The lowest BCUT2D eigenvalue weighted by Gasteiger charge is -2.37. The highest BCUT2D eigenvalue weighted by molar-refractivity contribution is 7.93. The maximum Gasteiger partial charge on any atom is 0.264 e. The lowest BCUT2D eigenvalue weighted by Crippen LogP contribution is -2.47. The summed E-state index contributed by atoms with van der Waals surface area (Å²) >= 11 is 0. The van der Waals surface area contributed by atoms with Gasteiger partial charge in [-0.15, -0.1) is 0 Å². The van der Waals surface area contributed by atoms with Gasteiger partial charge in [-0.1, -0.05) is 24.6 Å². The van der Waals surface area contributed by atoms with E-state index in [4.69, 9.17) is 0 Å². The van der Waals surface area contributed by atoms with Crippen molar-refractivity contribution in [3.63, 3.8) is 0 Å². The van der Waals surface area contributed by atoms with Gasteiger partial charge < -0.3 is 0 Å². The van der Waals surface area contributed by atoms with Crippen LogP contribution in [0.15, 0.2) is 70.6 Å². The van der Waals surface area contributed by atoms with E-state index in [-0.39, 0.29) is 27.6 Å². The van der Waals surface area contributed by atoms with Crippen LogP contribution in [0.3, 0.4) is 0 Å².